The lowest BCUT2D eigenvalue weighted by Gasteiger charge is -2.11. The van der Waals surface area contributed by atoms with Crippen molar-refractivity contribution in [2.75, 3.05) is 22.5 Å². The number of carbonyl (C=O) groups excluding carboxylic acids is 2. The zero-order chi connectivity index (χ0) is 20.8. The Morgan fingerprint density at radius 1 is 0.862 bits per heavy atom. The van der Waals surface area contributed by atoms with Crippen LogP contribution in [-0.2, 0) is 4.79 Å². The Labute approximate surface area is 175 Å². The molecule has 0 radical (unpaired) electrons. The lowest BCUT2D eigenvalue weighted by molar-refractivity contribution is -0.114. The normalized spacial score (nSPS) is 10.3. The topological polar surface area (TPSA) is 70.2 Å². The zero-order valence-electron chi connectivity index (χ0n) is 16.3. The number of nitrogens with one attached hydrogen (secondary N) is 3. The molecule has 0 aromatic heterocycles. The van der Waals surface area contributed by atoms with Crippen LogP contribution in [0, 0.1) is 13.8 Å². The van der Waals surface area contributed by atoms with Gasteiger partial charge in [-0.25, -0.2) is 0 Å². The fraction of sp³-hybridized carbons (Fsp3) is 0.130. The van der Waals surface area contributed by atoms with Crippen LogP contribution in [0.15, 0.2) is 66.7 Å². The summed E-state index contributed by atoms with van der Waals surface area (Å²) >= 11 is 5.97. The monoisotopic (exact) mass is 407 g/mol. The fourth-order valence-corrected chi connectivity index (χ4v) is 2.94. The van der Waals surface area contributed by atoms with Gasteiger partial charge in [0, 0.05) is 27.6 Å². The summed E-state index contributed by atoms with van der Waals surface area (Å²) < 4.78 is 0. The molecule has 0 heterocycles. The van der Waals surface area contributed by atoms with Crippen LogP contribution < -0.4 is 16.0 Å². The highest BCUT2D eigenvalue weighted by molar-refractivity contribution is 6.31. The van der Waals surface area contributed by atoms with Crippen molar-refractivity contribution >= 4 is 40.5 Å². The van der Waals surface area contributed by atoms with Gasteiger partial charge in [-0.3, -0.25) is 9.59 Å². The van der Waals surface area contributed by atoms with E-state index in [0.29, 0.717) is 22.0 Å². The summed E-state index contributed by atoms with van der Waals surface area (Å²) in [5, 5.41) is 9.33. The summed E-state index contributed by atoms with van der Waals surface area (Å²) in [6.07, 6.45) is 0. The summed E-state index contributed by atoms with van der Waals surface area (Å²) in [5.74, 6) is -0.335. The van der Waals surface area contributed by atoms with Gasteiger partial charge in [0.05, 0.1) is 6.54 Å². The molecule has 0 aliphatic carbocycles. The van der Waals surface area contributed by atoms with Crippen molar-refractivity contribution in [3.05, 3.63) is 88.4 Å². The average molecular weight is 408 g/mol. The molecule has 0 aliphatic heterocycles. The minimum absolute atomic E-state index is 0.112. The number of hydrogen-bond acceptors (Lipinski definition) is 3. The highest BCUT2D eigenvalue weighted by Gasteiger charge is 2.07. The SMILES string of the molecule is Cc1cccc(C(=O)Nc2ccc(NCC(=O)Nc3cc(Cl)ccc3C)cc2)c1. The van der Waals surface area contributed by atoms with Crippen molar-refractivity contribution in [3.8, 4) is 0 Å². The van der Waals surface area contributed by atoms with E-state index in [1.54, 1.807) is 30.3 Å². The van der Waals surface area contributed by atoms with Crippen molar-refractivity contribution < 1.29 is 9.59 Å². The van der Waals surface area contributed by atoms with Gasteiger partial charge in [0.1, 0.15) is 0 Å². The Kier molecular flexibility index (Phi) is 6.52. The van der Waals surface area contributed by atoms with Crippen LogP contribution in [-0.4, -0.2) is 18.4 Å². The second kappa shape index (κ2) is 9.26. The summed E-state index contributed by atoms with van der Waals surface area (Å²) in [7, 11) is 0. The molecule has 0 atom stereocenters. The van der Waals surface area contributed by atoms with Gasteiger partial charge in [0.2, 0.25) is 5.91 Å². The number of anilines is 3. The van der Waals surface area contributed by atoms with E-state index in [0.717, 1.165) is 16.8 Å². The molecule has 0 fully saturated rings. The van der Waals surface area contributed by atoms with Crippen molar-refractivity contribution in [1.82, 2.24) is 0 Å². The van der Waals surface area contributed by atoms with Crippen LogP contribution in [0.25, 0.3) is 0 Å². The molecule has 29 heavy (non-hydrogen) atoms. The van der Waals surface area contributed by atoms with E-state index in [4.69, 9.17) is 11.6 Å². The van der Waals surface area contributed by atoms with E-state index in [9.17, 15) is 9.59 Å². The number of carbonyl (C=O) groups is 2. The molecule has 0 bridgehead atoms. The zero-order valence-corrected chi connectivity index (χ0v) is 17.0. The lowest BCUT2D eigenvalue weighted by Crippen LogP contribution is -2.22. The van der Waals surface area contributed by atoms with Crippen molar-refractivity contribution in [2.24, 2.45) is 0 Å². The maximum absolute atomic E-state index is 12.3. The molecule has 2 amide bonds. The van der Waals surface area contributed by atoms with E-state index < -0.39 is 0 Å². The molecule has 0 spiro atoms. The Balaban J connectivity index is 1.53. The van der Waals surface area contributed by atoms with Crippen molar-refractivity contribution in [1.29, 1.82) is 0 Å². The van der Waals surface area contributed by atoms with Crippen LogP contribution >= 0.6 is 11.6 Å². The van der Waals surface area contributed by atoms with E-state index in [1.165, 1.54) is 0 Å². The summed E-state index contributed by atoms with van der Waals surface area (Å²) in [5.41, 5.74) is 4.73. The lowest BCUT2D eigenvalue weighted by atomic mass is 10.1. The van der Waals surface area contributed by atoms with Gasteiger partial charge in [-0.15, -0.1) is 0 Å². The standard InChI is InChI=1S/C23H22ClN3O2/c1-15-4-3-5-17(12-15)23(29)26-20-10-8-19(9-11-20)25-14-22(28)27-21-13-18(24)7-6-16(21)2/h3-13,25H,14H2,1-2H3,(H,26,29)(H,27,28). The van der Waals surface area contributed by atoms with E-state index in [1.807, 2.05) is 50.2 Å². The van der Waals surface area contributed by atoms with Gasteiger partial charge in [-0.2, -0.15) is 0 Å². The Morgan fingerprint density at radius 2 is 1.59 bits per heavy atom. The molecule has 3 rings (SSSR count). The number of amides is 2. The maximum Gasteiger partial charge on any atom is 0.255 e. The Bertz CT molecular complexity index is 1030. The van der Waals surface area contributed by atoms with Gasteiger partial charge in [0.15, 0.2) is 0 Å². The molecule has 0 unspecified atom stereocenters. The predicted octanol–water partition coefficient (Wildman–Crippen LogP) is 5.26. The van der Waals surface area contributed by atoms with Crippen molar-refractivity contribution in [3.63, 3.8) is 0 Å². The first kappa shape index (κ1) is 20.4. The minimum Gasteiger partial charge on any atom is -0.376 e. The van der Waals surface area contributed by atoms with Crippen LogP contribution in [0.2, 0.25) is 5.02 Å². The summed E-state index contributed by atoms with van der Waals surface area (Å²) in [4.78, 5) is 24.5. The molecule has 6 heteroatoms. The molecule has 3 aromatic carbocycles. The second-order valence-electron chi connectivity index (χ2n) is 6.76. The summed E-state index contributed by atoms with van der Waals surface area (Å²) in [6, 6.07) is 20.0. The maximum atomic E-state index is 12.3. The predicted molar refractivity (Wildman–Crippen MR) is 119 cm³/mol. The molecule has 0 saturated carbocycles. The molecule has 0 aliphatic rings. The number of halogens is 1. The van der Waals surface area contributed by atoms with Crippen molar-refractivity contribution in [2.45, 2.75) is 13.8 Å². The smallest absolute Gasteiger partial charge is 0.255 e. The quantitative estimate of drug-likeness (QED) is 0.522. The first-order chi connectivity index (χ1) is 13.9. The first-order valence-electron chi connectivity index (χ1n) is 9.19. The molecule has 148 valence electrons. The molecular weight excluding hydrogens is 386 g/mol. The van der Waals surface area contributed by atoms with Gasteiger partial charge in [0.25, 0.3) is 5.91 Å². The Hall–Kier alpha value is -3.31. The highest BCUT2D eigenvalue weighted by Crippen LogP contribution is 2.20. The first-order valence-corrected chi connectivity index (χ1v) is 9.56. The van der Waals surface area contributed by atoms with E-state index >= 15 is 0 Å². The minimum atomic E-state index is -0.174. The third-order valence-corrected chi connectivity index (χ3v) is 4.58. The molecule has 3 aromatic rings. The average Bonchev–Trinajstić information content (AvgIpc) is 2.70. The molecular formula is C23H22ClN3O2. The molecule has 3 N–H and O–H groups in total. The largest absolute Gasteiger partial charge is 0.376 e. The van der Waals surface area contributed by atoms with Crippen LogP contribution in [0.4, 0.5) is 17.1 Å². The van der Waals surface area contributed by atoms with E-state index in [2.05, 4.69) is 16.0 Å². The van der Waals surface area contributed by atoms with Gasteiger partial charge in [-0.05, 0) is 67.9 Å². The molecule has 5 nitrogen and oxygen atoms in total. The third kappa shape index (κ3) is 5.83. The Morgan fingerprint density at radius 3 is 2.31 bits per heavy atom. The van der Waals surface area contributed by atoms with Gasteiger partial charge < -0.3 is 16.0 Å². The highest BCUT2D eigenvalue weighted by atomic mass is 35.5. The number of hydrogen-bond donors (Lipinski definition) is 3. The number of benzene rings is 3. The van der Waals surface area contributed by atoms with Crippen LogP contribution in [0.1, 0.15) is 21.5 Å². The molecule has 0 saturated heterocycles. The van der Waals surface area contributed by atoms with Gasteiger partial charge in [-0.1, -0.05) is 35.4 Å². The number of rotatable bonds is 6. The second-order valence-corrected chi connectivity index (χ2v) is 7.20. The fourth-order valence-electron chi connectivity index (χ4n) is 2.77. The van der Waals surface area contributed by atoms with Gasteiger partial charge >= 0.3 is 0 Å². The van der Waals surface area contributed by atoms with Crippen LogP contribution in [0.5, 0.6) is 0 Å². The van der Waals surface area contributed by atoms with Crippen LogP contribution in [0.3, 0.4) is 0 Å². The van der Waals surface area contributed by atoms with E-state index in [-0.39, 0.29) is 18.4 Å². The summed E-state index contributed by atoms with van der Waals surface area (Å²) in [6.45, 7) is 3.96. The number of aryl methyl sites for hydroxylation is 2. The third-order valence-electron chi connectivity index (χ3n) is 4.35.